The van der Waals surface area contributed by atoms with E-state index in [2.05, 4.69) is 0 Å². The maximum absolute atomic E-state index is 10.9. The zero-order chi connectivity index (χ0) is 17.4. The Balaban J connectivity index is 0.000000980. The molecule has 0 saturated carbocycles. The summed E-state index contributed by atoms with van der Waals surface area (Å²) >= 11 is 0. The van der Waals surface area contributed by atoms with E-state index in [1.54, 1.807) is 0 Å². The van der Waals surface area contributed by atoms with Crippen LogP contribution in [-0.2, 0) is 11.2 Å². The summed E-state index contributed by atoms with van der Waals surface area (Å²) in [6, 6.07) is 1.22. The lowest BCUT2D eigenvalue weighted by atomic mass is 10.0. The lowest BCUT2D eigenvalue weighted by molar-refractivity contribution is -0.395. The second-order valence-corrected chi connectivity index (χ2v) is 4.51. The van der Waals surface area contributed by atoms with Gasteiger partial charge in [0, 0.05) is 18.6 Å². The van der Waals surface area contributed by atoms with Gasteiger partial charge in [0.2, 0.25) is 0 Å². The number of unbranched alkanes of at least 4 members (excludes halogenated alkanes) is 1. The zero-order valence-electron chi connectivity index (χ0n) is 12.5. The Morgan fingerprint density at radius 3 is 2.14 bits per heavy atom. The molecule has 1 aromatic carbocycles. The molecule has 0 aliphatic heterocycles. The normalized spacial score (nSPS) is 9.59. The molecule has 9 nitrogen and oxygen atoms in total. The van der Waals surface area contributed by atoms with Gasteiger partial charge in [0.25, 0.3) is 11.7 Å². The van der Waals surface area contributed by atoms with Crippen LogP contribution in [0.3, 0.4) is 0 Å². The summed E-state index contributed by atoms with van der Waals surface area (Å²) in [6.45, 7) is 4.27. The molecule has 9 heteroatoms. The van der Waals surface area contributed by atoms with Gasteiger partial charge in [-0.2, -0.15) is 0 Å². The number of phenolic OH excluding ortho intramolecular Hbond substituents is 1. The molecule has 0 heterocycles. The average molecular weight is 314 g/mol. The summed E-state index contributed by atoms with van der Waals surface area (Å²) in [7, 11) is 0. The average Bonchev–Trinajstić information content (AvgIpc) is 2.36. The van der Waals surface area contributed by atoms with Crippen molar-refractivity contribution in [3.05, 3.63) is 37.4 Å². The smallest absolute Gasteiger partial charge is 0.320 e. The van der Waals surface area contributed by atoms with Crippen LogP contribution >= 0.6 is 0 Å². The number of nitrogens with zero attached hydrogens (tertiary/aromatic N) is 2. The van der Waals surface area contributed by atoms with Crippen molar-refractivity contribution < 1.29 is 24.9 Å². The molecular weight excluding hydrogens is 296 g/mol. The van der Waals surface area contributed by atoms with Gasteiger partial charge in [0.15, 0.2) is 5.75 Å². The molecule has 0 aliphatic carbocycles. The molecule has 1 rings (SSSR count). The Kier molecular flexibility index (Phi) is 7.50. The lowest BCUT2D eigenvalue weighted by Crippen LogP contribution is -2.01. The van der Waals surface area contributed by atoms with Crippen molar-refractivity contribution in [3.8, 4) is 5.75 Å². The molecule has 122 valence electrons. The summed E-state index contributed by atoms with van der Waals surface area (Å²) in [5, 5.41) is 38.9. The van der Waals surface area contributed by atoms with Crippen LogP contribution in [0, 0.1) is 27.2 Å². The Morgan fingerprint density at radius 2 is 1.77 bits per heavy atom. The summed E-state index contributed by atoms with van der Waals surface area (Å²) < 4.78 is 0. The minimum absolute atomic E-state index is 0.122. The molecular formula is C13H18N2O7. The van der Waals surface area contributed by atoms with Crippen molar-refractivity contribution in [3.63, 3.8) is 0 Å². The Morgan fingerprint density at radius 1 is 1.27 bits per heavy atom. The third-order valence-electron chi connectivity index (χ3n) is 2.76. The van der Waals surface area contributed by atoms with Crippen LogP contribution in [-0.4, -0.2) is 26.0 Å². The molecule has 0 fully saturated rings. The molecule has 0 aromatic heterocycles. The Hall–Kier alpha value is -2.71. The quantitative estimate of drug-likeness (QED) is 0.627. The number of rotatable bonds is 5. The predicted octanol–water partition coefficient (Wildman–Crippen LogP) is 2.95. The molecule has 22 heavy (non-hydrogen) atoms. The molecule has 0 spiro atoms. The zero-order valence-corrected chi connectivity index (χ0v) is 12.5. The molecule has 1 aromatic rings. The van der Waals surface area contributed by atoms with Crippen LogP contribution in [0.5, 0.6) is 5.75 Å². The predicted molar refractivity (Wildman–Crippen MR) is 78.1 cm³/mol. The minimum Gasteiger partial charge on any atom is -0.502 e. The van der Waals surface area contributed by atoms with Crippen LogP contribution in [0.1, 0.15) is 37.8 Å². The number of aromatic hydroxyl groups is 1. The van der Waals surface area contributed by atoms with Gasteiger partial charge in [-0.05, 0) is 19.8 Å². The standard InChI is InChI=1S/C11H14N2O5.C2H4O2/c1-3-4-5-8-6-9(12(15)16)7(2)10(11(8)14)13(17)18;1-2(3)4/h6,14H,3-5H2,1-2H3;1H3,(H,3,4). The fraction of sp³-hybridized carbons (Fsp3) is 0.462. The second kappa shape index (κ2) is 8.55. The lowest BCUT2D eigenvalue weighted by Gasteiger charge is -2.07. The first kappa shape index (κ1) is 19.3. The van der Waals surface area contributed by atoms with Gasteiger partial charge >= 0.3 is 5.69 Å². The van der Waals surface area contributed by atoms with E-state index in [4.69, 9.17) is 9.90 Å². The molecule has 0 atom stereocenters. The number of phenols is 1. The molecule has 0 radical (unpaired) electrons. The fourth-order valence-electron chi connectivity index (χ4n) is 1.76. The first-order valence-electron chi connectivity index (χ1n) is 6.47. The van der Waals surface area contributed by atoms with Gasteiger partial charge in [0.1, 0.15) is 5.56 Å². The van der Waals surface area contributed by atoms with E-state index < -0.39 is 27.3 Å². The number of nitro benzene ring substituents is 2. The van der Waals surface area contributed by atoms with Crippen molar-refractivity contribution in [2.45, 2.75) is 40.0 Å². The highest BCUT2D eigenvalue weighted by molar-refractivity contribution is 5.64. The van der Waals surface area contributed by atoms with Gasteiger partial charge in [0.05, 0.1) is 9.85 Å². The highest BCUT2D eigenvalue weighted by Gasteiger charge is 2.28. The molecule has 0 unspecified atom stereocenters. The molecule has 0 bridgehead atoms. The van der Waals surface area contributed by atoms with Gasteiger partial charge in [-0.25, -0.2) is 0 Å². The third-order valence-corrected chi connectivity index (χ3v) is 2.76. The van der Waals surface area contributed by atoms with Crippen molar-refractivity contribution in [1.82, 2.24) is 0 Å². The Bertz CT molecular complexity index is 580. The van der Waals surface area contributed by atoms with E-state index in [-0.39, 0.29) is 16.8 Å². The van der Waals surface area contributed by atoms with Crippen LogP contribution in [0.25, 0.3) is 0 Å². The number of benzene rings is 1. The summed E-state index contributed by atoms with van der Waals surface area (Å²) in [5.41, 5.74) is -0.774. The van der Waals surface area contributed by atoms with Gasteiger partial charge < -0.3 is 10.2 Å². The molecule has 0 amide bonds. The molecule has 2 N–H and O–H groups in total. The van der Waals surface area contributed by atoms with Crippen molar-refractivity contribution >= 4 is 17.3 Å². The fourth-order valence-corrected chi connectivity index (χ4v) is 1.76. The summed E-state index contributed by atoms with van der Waals surface area (Å²) in [6.07, 6.45) is 1.91. The number of nitro groups is 2. The number of carboxylic acid groups (broad SMARTS) is 1. The maximum Gasteiger partial charge on any atom is 0.320 e. The highest BCUT2D eigenvalue weighted by Crippen LogP contribution is 2.39. The number of hydrogen-bond acceptors (Lipinski definition) is 6. The van der Waals surface area contributed by atoms with Gasteiger partial charge in [-0.3, -0.25) is 25.0 Å². The van der Waals surface area contributed by atoms with Crippen LogP contribution in [0.4, 0.5) is 11.4 Å². The molecule has 0 saturated heterocycles. The first-order valence-corrected chi connectivity index (χ1v) is 6.47. The number of hydrogen-bond donors (Lipinski definition) is 2. The van der Waals surface area contributed by atoms with Crippen molar-refractivity contribution in [1.29, 1.82) is 0 Å². The van der Waals surface area contributed by atoms with Crippen molar-refractivity contribution in [2.75, 3.05) is 0 Å². The van der Waals surface area contributed by atoms with Gasteiger partial charge in [-0.15, -0.1) is 0 Å². The number of carboxylic acids is 1. The van der Waals surface area contributed by atoms with E-state index in [9.17, 15) is 25.3 Å². The van der Waals surface area contributed by atoms with Gasteiger partial charge in [-0.1, -0.05) is 13.3 Å². The number of aryl methyl sites for hydroxylation is 1. The van der Waals surface area contributed by atoms with E-state index in [1.807, 2.05) is 6.92 Å². The van der Waals surface area contributed by atoms with E-state index >= 15 is 0 Å². The minimum atomic E-state index is -0.833. The third kappa shape index (κ3) is 5.35. The van der Waals surface area contributed by atoms with Crippen molar-refractivity contribution in [2.24, 2.45) is 0 Å². The summed E-state index contributed by atoms with van der Waals surface area (Å²) in [4.78, 5) is 29.2. The maximum atomic E-state index is 10.9. The largest absolute Gasteiger partial charge is 0.502 e. The first-order chi connectivity index (χ1) is 10.1. The second-order valence-electron chi connectivity index (χ2n) is 4.51. The highest BCUT2D eigenvalue weighted by atomic mass is 16.6. The SMILES string of the molecule is CC(=O)O.CCCCc1cc([N+](=O)[O-])c(C)c([N+](=O)[O-])c1O. The number of aliphatic carboxylic acids is 1. The monoisotopic (exact) mass is 314 g/mol. The van der Waals surface area contributed by atoms with Crippen LogP contribution in [0.15, 0.2) is 6.07 Å². The van der Waals surface area contributed by atoms with Crippen LogP contribution in [0.2, 0.25) is 0 Å². The van der Waals surface area contributed by atoms with E-state index in [1.165, 1.54) is 13.0 Å². The van der Waals surface area contributed by atoms with E-state index in [0.717, 1.165) is 13.3 Å². The topological polar surface area (TPSA) is 144 Å². The number of carbonyl (C=O) groups is 1. The summed E-state index contributed by atoms with van der Waals surface area (Å²) in [5.74, 6) is -1.29. The van der Waals surface area contributed by atoms with Crippen LogP contribution < -0.4 is 0 Å². The Labute approximate surface area is 126 Å². The molecule has 0 aliphatic rings. The van der Waals surface area contributed by atoms with E-state index in [0.29, 0.717) is 12.8 Å².